The van der Waals surface area contributed by atoms with Crippen LogP contribution in [0.2, 0.25) is 0 Å². The quantitative estimate of drug-likeness (QED) is 0.556. The van der Waals surface area contributed by atoms with E-state index in [1.807, 2.05) is 45.1 Å². The van der Waals surface area contributed by atoms with Crippen molar-refractivity contribution in [3.05, 3.63) is 42.0 Å². The van der Waals surface area contributed by atoms with E-state index in [1.54, 1.807) is 12.1 Å². The fraction of sp³-hybridized carbons (Fsp3) is 0.438. The van der Waals surface area contributed by atoms with Crippen molar-refractivity contribution in [2.45, 2.75) is 32.9 Å². The number of amides is 1. The van der Waals surface area contributed by atoms with Gasteiger partial charge in [0.15, 0.2) is 0 Å². The average molecular weight is 292 g/mol. The maximum absolute atomic E-state index is 11.4. The third-order valence-electron chi connectivity index (χ3n) is 2.50. The van der Waals surface area contributed by atoms with Crippen LogP contribution in [0.15, 0.2) is 36.4 Å². The Morgan fingerprint density at radius 2 is 1.90 bits per heavy atom. The Balaban J connectivity index is 2.13. The fourth-order valence-electron chi connectivity index (χ4n) is 1.57. The Hall–Kier alpha value is -2.01. The third-order valence-corrected chi connectivity index (χ3v) is 2.50. The number of phenols is 1. The van der Waals surface area contributed by atoms with Crippen molar-refractivity contribution < 1.29 is 14.6 Å². The SMILES string of the molecule is CC(C)(C)OC(=O)NC/C=C/CNCc1ccccc1O. The molecule has 0 aliphatic carbocycles. The van der Waals surface area contributed by atoms with Gasteiger partial charge in [-0.25, -0.2) is 4.79 Å². The average Bonchev–Trinajstić information content (AvgIpc) is 2.37. The van der Waals surface area contributed by atoms with Crippen LogP contribution >= 0.6 is 0 Å². The molecule has 1 aromatic carbocycles. The van der Waals surface area contributed by atoms with Gasteiger partial charge in [-0.1, -0.05) is 30.4 Å². The molecule has 0 saturated carbocycles. The highest BCUT2D eigenvalue weighted by atomic mass is 16.6. The molecule has 0 unspecified atom stereocenters. The Morgan fingerprint density at radius 3 is 2.57 bits per heavy atom. The van der Waals surface area contributed by atoms with Gasteiger partial charge in [-0.3, -0.25) is 0 Å². The third kappa shape index (κ3) is 7.99. The molecule has 0 bridgehead atoms. The van der Waals surface area contributed by atoms with Crippen LogP contribution in [0.3, 0.4) is 0 Å². The van der Waals surface area contributed by atoms with Crippen LogP contribution in [-0.2, 0) is 11.3 Å². The molecule has 0 radical (unpaired) electrons. The van der Waals surface area contributed by atoms with Gasteiger partial charge in [0.2, 0.25) is 0 Å². The number of rotatable bonds is 6. The Labute approximate surface area is 126 Å². The summed E-state index contributed by atoms with van der Waals surface area (Å²) < 4.78 is 5.11. The van der Waals surface area contributed by atoms with Crippen LogP contribution in [0.4, 0.5) is 4.79 Å². The second kappa shape index (κ2) is 8.32. The number of aromatic hydroxyl groups is 1. The summed E-state index contributed by atoms with van der Waals surface area (Å²) in [5, 5.41) is 15.4. The number of benzene rings is 1. The molecule has 3 N–H and O–H groups in total. The highest BCUT2D eigenvalue weighted by Gasteiger charge is 2.14. The fourth-order valence-corrected chi connectivity index (χ4v) is 1.57. The van der Waals surface area contributed by atoms with Crippen LogP contribution in [-0.4, -0.2) is 29.9 Å². The molecule has 0 fully saturated rings. The summed E-state index contributed by atoms with van der Waals surface area (Å²) in [6.45, 7) is 7.15. The minimum Gasteiger partial charge on any atom is -0.508 e. The standard InChI is InChI=1S/C16H24N2O3/c1-16(2,3)21-15(20)18-11-7-6-10-17-12-13-8-4-5-9-14(13)19/h4-9,17,19H,10-12H2,1-3H3,(H,18,20)/b7-6+. The zero-order valence-corrected chi connectivity index (χ0v) is 12.8. The van der Waals surface area contributed by atoms with Crippen molar-refractivity contribution in [2.24, 2.45) is 0 Å². The Bertz CT molecular complexity index is 479. The van der Waals surface area contributed by atoms with Crippen molar-refractivity contribution in [1.82, 2.24) is 10.6 Å². The molecular formula is C16H24N2O3. The molecular weight excluding hydrogens is 268 g/mol. The van der Waals surface area contributed by atoms with E-state index in [0.717, 1.165) is 5.56 Å². The normalized spacial score (nSPS) is 11.6. The molecule has 0 aliphatic heterocycles. The second-order valence-corrected chi connectivity index (χ2v) is 5.61. The smallest absolute Gasteiger partial charge is 0.407 e. The molecule has 0 aromatic heterocycles. The number of alkyl carbamates (subject to hydrolysis) is 1. The lowest BCUT2D eigenvalue weighted by atomic mass is 10.2. The lowest BCUT2D eigenvalue weighted by molar-refractivity contribution is 0.0534. The zero-order valence-electron chi connectivity index (χ0n) is 12.8. The summed E-state index contributed by atoms with van der Waals surface area (Å²) in [5.74, 6) is 0.292. The second-order valence-electron chi connectivity index (χ2n) is 5.61. The summed E-state index contributed by atoms with van der Waals surface area (Å²) in [6.07, 6.45) is 3.34. The van der Waals surface area contributed by atoms with Gasteiger partial charge < -0.3 is 20.5 Å². The number of phenolic OH excluding ortho intramolecular Hbond substituents is 1. The van der Waals surface area contributed by atoms with Crippen LogP contribution in [0.25, 0.3) is 0 Å². The molecule has 0 heterocycles. The number of nitrogens with one attached hydrogen (secondary N) is 2. The maximum atomic E-state index is 11.4. The van der Waals surface area contributed by atoms with Crippen molar-refractivity contribution in [3.8, 4) is 5.75 Å². The number of hydrogen-bond acceptors (Lipinski definition) is 4. The zero-order chi connectivity index (χ0) is 15.7. The lowest BCUT2D eigenvalue weighted by Crippen LogP contribution is -2.32. The van der Waals surface area contributed by atoms with Gasteiger partial charge in [0, 0.05) is 25.2 Å². The minimum absolute atomic E-state index is 0.292. The topological polar surface area (TPSA) is 70.6 Å². The Morgan fingerprint density at radius 1 is 1.24 bits per heavy atom. The summed E-state index contributed by atoms with van der Waals surface area (Å²) in [5.41, 5.74) is 0.380. The molecule has 1 amide bonds. The van der Waals surface area contributed by atoms with Crippen molar-refractivity contribution >= 4 is 6.09 Å². The summed E-state index contributed by atoms with van der Waals surface area (Å²) >= 11 is 0. The van der Waals surface area contributed by atoms with E-state index in [-0.39, 0.29) is 0 Å². The lowest BCUT2D eigenvalue weighted by Gasteiger charge is -2.19. The molecule has 1 rings (SSSR count). The first kappa shape index (κ1) is 17.0. The van der Waals surface area contributed by atoms with E-state index < -0.39 is 11.7 Å². The number of ether oxygens (including phenoxy) is 1. The number of carbonyl (C=O) groups excluding carboxylic acids is 1. The van der Waals surface area contributed by atoms with Gasteiger partial charge in [0.25, 0.3) is 0 Å². The van der Waals surface area contributed by atoms with Gasteiger partial charge in [-0.2, -0.15) is 0 Å². The van der Waals surface area contributed by atoms with Gasteiger partial charge in [0.05, 0.1) is 0 Å². The summed E-state index contributed by atoms with van der Waals surface area (Å²) in [4.78, 5) is 11.4. The van der Waals surface area contributed by atoms with Crippen molar-refractivity contribution in [1.29, 1.82) is 0 Å². The van der Waals surface area contributed by atoms with Gasteiger partial charge >= 0.3 is 6.09 Å². The monoisotopic (exact) mass is 292 g/mol. The van der Waals surface area contributed by atoms with Crippen molar-refractivity contribution in [2.75, 3.05) is 13.1 Å². The molecule has 1 aromatic rings. The number of hydrogen-bond donors (Lipinski definition) is 3. The highest BCUT2D eigenvalue weighted by Crippen LogP contribution is 2.14. The van der Waals surface area contributed by atoms with Crippen LogP contribution in [0.1, 0.15) is 26.3 Å². The molecule has 0 aliphatic rings. The molecule has 5 heteroatoms. The Kier molecular flexibility index (Phi) is 6.75. The van der Waals surface area contributed by atoms with E-state index >= 15 is 0 Å². The van der Waals surface area contributed by atoms with E-state index in [0.29, 0.717) is 25.4 Å². The molecule has 0 spiro atoms. The first-order chi connectivity index (χ1) is 9.88. The number of para-hydroxylation sites is 1. The van der Waals surface area contributed by atoms with E-state index in [1.165, 1.54) is 0 Å². The van der Waals surface area contributed by atoms with Crippen molar-refractivity contribution in [3.63, 3.8) is 0 Å². The first-order valence-corrected chi connectivity index (χ1v) is 6.98. The maximum Gasteiger partial charge on any atom is 0.407 e. The van der Waals surface area contributed by atoms with Crippen LogP contribution in [0, 0.1) is 0 Å². The molecule has 5 nitrogen and oxygen atoms in total. The largest absolute Gasteiger partial charge is 0.508 e. The molecule has 21 heavy (non-hydrogen) atoms. The predicted octanol–water partition coefficient (Wildman–Crippen LogP) is 2.56. The van der Waals surface area contributed by atoms with Gasteiger partial charge in [0.1, 0.15) is 11.4 Å². The van der Waals surface area contributed by atoms with Crippen LogP contribution < -0.4 is 10.6 Å². The van der Waals surface area contributed by atoms with E-state index in [2.05, 4.69) is 10.6 Å². The number of carbonyl (C=O) groups is 1. The van der Waals surface area contributed by atoms with Gasteiger partial charge in [-0.15, -0.1) is 0 Å². The summed E-state index contributed by atoms with van der Waals surface area (Å²) in [6, 6.07) is 7.21. The van der Waals surface area contributed by atoms with E-state index in [4.69, 9.17) is 4.74 Å². The van der Waals surface area contributed by atoms with E-state index in [9.17, 15) is 9.90 Å². The highest BCUT2D eigenvalue weighted by molar-refractivity contribution is 5.67. The van der Waals surface area contributed by atoms with Crippen LogP contribution in [0.5, 0.6) is 5.75 Å². The van der Waals surface area contributed by atoms with Gasteiger partial charge in [-0.05, 0) is 26.8 Å². The predicted molar refractivity (Wildman–Crippen MR) is 83.2 cm³/mol. The molecule has 0 atom stereocenters. The first-order valence-electron chi connectivity index (χ1n) is 6.98. The summed E-state index contributed by atoms with van der Waals surface area (Å²) in [7, 11) is 0. The minimum atomic E-state index is -0.479. The molecule has 116 valence electrons. The molecule has 0 saturated heterocycles.